The van der Waals surface area contributed by atoms with Gasteiger partial charge in [0.15, 0.2) is 15.8 Å². The Bertz CT molecular complexity index is 1020. The fourth-order valence-electron chi connectivity index (χ4n) is 3.08. The van der Waals surface area contributed by atoms with Crippen molar-refractivity contribution in [2.75, 3.05) is 19.8 Å². The summed E-state index contributed by atoms with van der Waals surface area (Å²) in [6.45, 7) is 6.83. The molecule has 0 atom stereocenters. The second kappa shape index (κ2) is 9.13. The van der Waals surface area contributed by atoms with Crippen LogP contribution in [0.3, 0.4) is 0 Å². The number of nitrogens with zero attached hydrogens (tertiary/aromatic N) is 1. The molecule has 0 aliphatic heterocycles. The summed E-state index contributed by atoms with van der Waals surface area (Å²) in [5, 5.41) is 6.87. The molecule has 0 aliphatic rings. The van der Waals surface area contributed by atoms with Crippen molar-refractivity contribution in [3.8, 4) is 0 Å². The van der Waals surface area contributed by atoms with E-state index in [1.807, 2.05) is 19.9 Å². The molecule has 2 N–H and O–H groups in total. The van der Waals surface area contributed by atoms with Crippen LogP contribution in [0.4, 0.5) is 4.39 Å². The summed E-state index contributed by atoms with van der Waals surface area (Å²) in [5.74, 6) is 0.235. The van der Waals surface area contributed by atoms with Crippen LogP contribution in [0.5, 0.6) is 0 Å². The van der Waals surface area contributed by atoms with Gasteiger partial charge in [0.05, 0.1) is 4.90 Å². The lowest BCUT2D eigenvalue weighted by molar-refractivity contribution is 0.507. The molecule has 2 aromatic carbocycles. The number of aryl methyl sites for hydroxylation is 1. The van der Waals surface area contributed by atoms with Crippen LogP contribution in [-0.2, 0) is 21.8 Å². The van der Waals surface area contributed by atoms with Crippen molar-refractivity contribution in [3.63, 3.8) is 0 Å². The predicted octanol–water partition coefficient (Wildman–Crippen LogP) is 3.83. The van der Waals surface area contributed by atoms with Gasteiger partial charge in [0.25, 0.3) is 0 Å². The molecule has 8 heteroatoms. The van der Waals surface area contributed by atoms with Gasteiger partial charge in [-0.25, -0.2) is 12.8 Å². The zero-order chi connectivity index (χ0) is 21.8. The van der Waals surface area contributed by atoms with E-state index in [4.69, 9.17) is 11.6 Å². The minimum atomic E-state index is -3.23. The van der Waals surface area contributed by atoms with Crippen molar-refractivity contribution >= 4 is 27.4 Å². The van der Waals surface area contributed by atoms with Crippen molar-refractivity contribution in [2.24, 2.45) is 4.99 Å². The molecule has 158 valence electrons. The minimum Gasteiger partial charge on any atom is -0.356 e. The number of benzene rings is 2. The van der Waals surface area contributed by atoms with E-state index in [-0.39, 0.29) is 11.2 Å². The van der Waals surface area contributed by atoms with Crippen LogP contribution in [-0.4, -0.2) is 34.2 Å². The molecule has 29 heavy (non-hydrogen) atoms. The van der Waals surface area contributed by atoms with E-state index in [0.29, 0.717) is 34.5 Å². The lowest BCUT2D eigenvalue weighted by atomic mass is 9.84. The van der Waals surface area contributed by atoms with Crippen molar-refractivity contribution in [3.05, 3.63) is 63.9 Å². The Morgan fingerprint density at radius 2 is 1.86 bits per heavy atom. The maximum Gasteiger partial charge on any atom is 0.191 e. The standard InChI is InChI=1S/C21H27ClFN3O2S/c1-14-10-15(6-9-19(14)29(5,27)28)12-25-20(24-4)26-13-21(2,3)17-8-7-16(23)11-18(17)22/h6-11H,12-13H2,1-5H3,(H2,24,25,26). The maximum absolute atomic E-state index is 13.3. The third-order valence-corrected chi connectivity index (χ3v) is 6.25. The highest BCUT2D eigenvalue weighted by molar-refractivity contribution is 7.90. The van der Waals surface area contributed by atoms with Gasteiger partial charge in [0, 0.05) is 36.8 Å². The van der Waals surface area contributed by atoms with Crippen molar-refractivity contribution in [1.29, 1.82) is 0 Å². The van der Waals surface area contributed by atoms with Crippen molar-refractivity contribution in [2.45, 2.75) is 37.6 Å². The molecule has 2 rings (SSSR count). The van der Waals surface area contributed by atoms with Gasteiger partial charge in [-0.2, -0.15) is 0 Å². The smallest absolute Gasteiger partial charge is 0.191 e. The summed E-state index contributed by atoms with van der Waals surface area (Å²) >= 11 is 6.21. The van der Waals surface area contributed by atoms with Crippen molar-refractivity contribution in [1.82, 2.24) is 10.6 Å². The third kappa shape index (κ3) is 6.18. The summed E-state index contributed by atoms with van der Waals surface area (Å²) in [7, 11) is -1.56. The molecule has 0 unspecified atom stereocenters. The van der Waals surface area contributed by atoms with E-state index < -0.39 is 9.84 Å². The first-order chi connectivity index (χ1) is 13.4. The molecule has 0 saturated heterocycles. The monoisotopic (exact) mass is 439 g/mol. The number of hydrogen-bond acceptors (Lipinski definition) is 3. The van der Waals surface area contributed by atoms with Crippen LogP contribution in [0.1, 0.15) is 30.5 Å². The molecule has 0 amide bonds. The topological polar surface area (TPSA) is 70.6 Å². The summed E-state index contributed by atoms with van der Waals surface area (Å²) in [5.41, 5.74) is 2.15. The number of guanidine groups is 1. The van der Waals surface area contributed by atoms with E-state index in [2.05, 4.69) is 15.6 Å². The molecule has 0 aliphatic carbocycles. The maximum atomic E-state index is 13.3. The molecule has 0 fully saturated rings. The van der Waals surface area contributed by atoms with Gasteiger partial charge in [-0.3, -0.25) is 4.99 Å². The Hall–Kier alpha value is -2.12. The van der Waals surface area contributed by atoms with Gasteiger partial charge in [-0.15, -0.1) is 0 Å². The first kappa shape index (κ1) is 23.2. The highest BCUT2D eigenvalue weighted by Crippen LogP contribution is 2.29. The number of halogens is 2. The molecule has 0 heterocycles. The second-order valence-corrected chi connectivity index (χ2v) is 10.1. The van der Waals surface area contributed by atoms with Crippen LogP contribution in [0.2, 0.25) is 5.02 Å². The van der Waals surface area contributed by atoms with Crippen LogP contribution in [0.15, 0.2) is 46.3 Å². The van der Waals surface area contributed by atoms with E-state index in [1.165, 1.54) is 18.4 Å². The number of rotatable bonds is 6. The zero-order valence-electron chi connectivity index (χ0n) is 17.3. The first-order valence-electron chi connectivity index (χ1n) is 9.13. The molecule has 0 bridgehead atoms. The van der Waals surface area contributed by atoms with E-state index in [9.17, 15) is 12.8 Å². The molecular weight excluding hydrogens is 413 g/mol. The van der Waals surface area contributed by atoms with Crippen molar-refractivity contribution < 1.29 is 12.8 Å². The summed E-state index contributed by atoms with van der Waals surface area (Å²) < 4.78 is 36.8. The van der Waals surface area contributed by atoms with Gasteiger partial charge < -0.3 is 10.6 Å². The number of sulfone groups is 1. The quantitative estimate of drug-likeness (QED) is 0.530. The van der Waals surface area contributed by atoms with Gasteiger partial charge in [0.2, 0.25) is 0 Å². The minimum absolute atomic E-state index is 0.335. The predicted molar refractivity (Wildman–Crippen MR) is 117 cm³/mol. The molecule has 0 spiro atoms. The highest BCUT2D eigenvalue weighted by atomic mass is 35.5. The molecule has 2 aromatic rings. The first-order valence-corrected chi connectivity index (χ1v) is 11.4. The van der Waals surface area contributed by atoms with Gasteiger partial charge in [0.1, 0.15) is 5.82 Å². The summed E-state index contributed by atoms with van der Waals surface area (Å²) in [4.78, 5) is 4.56. The Labute approximate surface area is 177 Å². The normalized spacial score (nSPS) is 12.7. The molecule has 5 nitrogen and oxygen atoms in total. The lowest BCUT2D eigenvalue weighted by Crippen LogP contribution is -2.43. The molecule has 0 aromatic heterocycles. The zero-order valence-corrected chi connectivity index (χ0v) is 18.9. The number of hydrogen-bond donors (Lipinski definition) is 2. The molecule has 0 saturated carbocycles. The summed E-state index contributed by atoms with van der Waals surface area (Å²) in [6, 6.07) is 9.66. The summed E-state index contributed by atoms with van der Waals surface area (Å²) in [6.07, 6.45) is 1.20. The van der Waals surface area contributed by atoms with Crippen LogP contribution >= 0.6 is 11.6 Å². The van der Waals surface area contributed by atoms with E-state index >= 15 is 0 Å². The fourth-order valence-corrected chi connectivity index (χ4v) is 4.46. The van der Waals surface area contributed by atoms with Gasteiger partial charge >= 0.3 is 0 Å². The Balaban J connectivity index is 2.02. The Kier molecular flexibility index (Phi) is 7.30. The largest absolute Gasteiger partial charge is 0.356 e. The molecular formula is C21H27ClFN3O2S. The third-order valence-electron chi connectivity index (χ3n) is 4.68. The SMILES string of the molecule is CN=C(NCc1ccc(S(C)(=O)=O)c(C)c1)NCC(C)(C)c1ccc(F)cc1Cl. The van der Waals surface area contributed by atoms with Crippen LogP contribution in [0, 0.1) is 12.7 Å². The Morgan fingerprint density at radius 3 is 2.41 bits per heavy atom. The van der Waals surface area contributed by atoms with Gasteiger partial charge in [-0.1, -0.05) is 43.6 Å². The average Bonchev–Trinajstić information content (AvgIpc) is 2.60. The highest BCUT2D eigenvalue weighted by Gasteiger charge is 2.24. The molecule has 0 radical (unpaired) electrons. The lowest BCUT2D eigenvalue weighted by Gasteiger charge is -2.27. The fraction of sp³-hybridized carbons (Fsp3) is 0.381. The Morgan fingerprint density at radius 1 is 1.17 bits per heavy atom. The van der Waals surface area contributed by atoms with Crippen LogP contribution < -0.4 is 10.6 Å². The number of aliphatic imine (C=N–C) groups is 1. The van der Waals surface area contributed by atoms with E-state index in [1.54, 1.807) is 32.2 Å². The average molecular weight is 440 g/mol. The van der Waals surface area contributed by atoms with Crippen LogP contribution in [0.25, 0.3) is 0 Å². The van der Waals surface area contributed by atoms with E-state index in [0.717, 1.165) is 11.1 Å². The second-order valence-electron chi connectivity index (χ2n) is 7.66. The number of nitrogens with one attached hydrogen (secondary N) is 2. The van der Waals surface area contributed by atoms with Gasteiger partial charge in [-0.05, 0) is 41.8 Å².